The van der Waals surface area contributed by atoms with Gasteiger partial charge >= 0.3 is 6.03 Å². The standard InChI is InChI=1S/C20H25FN4O5S/c1-3-31(27,28)25-8-6-19(18(25)13-29-2)30-17-10-14(21)9-16(11-17)24-20(26)23-15-5-4-7-22-12-15/h4-5,7,9-12,18-19H,3,6,8,13H2,1-2H3,(H2,23,24,26). The van der Waals surface area contributed by atoms with Crippen LogP contribution in [0.1, 0.15) is 13.3 Å². The lowest BCUT2D eigenvalue weighted by molar-refractivity contribution is 0.0880. The number of urea groups is 1. The summed E-state index contributed by atoms with van der Waals surface area (Å²) in [5.41, 5.74) is 0.675. The molecule has 1 aromatic carbocycles. The maximum absolute atomic E-state index is 14.2. The molecule has 2 unspecified atom stereocenters. The van der Waals surface area contributed by atoms with Crippen LogP contribution < -0.4 is 15.4 Å². The summed E-state index contributed by atoms with van der Waals surface area (Å²) in [5.74, 6) is -0.452. The molecular weight excluding hydrogens is 427 g/mol. The first-order valence-corrected chi connectivity index (χ1v) is 11.4. The third-order valence-corrected chi connectivity index (χ3v) is 6.73. The van der Waals surface area contributed by atoms with Crippen molar-refractivity contribution in [2.75, 3.05) is 36.6 Å². The van der Waals surface area contributed by atoms with Crippen LogP contribution in [0, 0.1) is 5.82 Å². The summed E-state index contributed by atoms with van der Waals surface area (Å²) in [4.78, 5) is 16.1. The minimum atomic E-state index is -3.43. The molecule has 1 fully saturated rings. The third-order valence-electron chi connectivity index (χ3n) is 4.83. The summed E-state index contributed by atoms with van der Waals surface area (Å²) in [6.07, 6.45) is 2.98. The fourth-order valence-electron chi connectivity index (χ4n) is 3.42. The van der Waals surface area contributed by atoms with E-state index in [-0.39, 0.29) is 23.8 Å². The number of pyridine rings is 1. The molecule has 2 atom stereocenters. The van der Waals surface area contributed by atoms with E-state index < -0.39 is 34.0 Å². The van der Waals surface area contributed by atoms with Gasteiger partial charge in [-0.15, -0.1) is 0 Å². The highest BCUT2D eigenvalue weighted by Gasteiger charge is 2.41. The zero-order chi connectivity index (χ0) is 22.4. The second-order valence-corrected chi connectivity index (χ2v) is 9.19. The number of hydrogen-bond donors (Lipinski definition) is 2. The first-order chi connectivity index (χ1) is 14.8. The van der Waals surface area contributed by atoms with Crippen LogP contribution in [0.4, 0.5) is 20.6 Å². The molecule has 2 N–H and O–H groups in total. The van der Waals surface area contributed by atoms with E-state index in [0.717, 1.165) is 6.07 Å². The molecule has 2 heterocycles. The predicted molar refractivity (Wildman–Crippen MR) is 114 cm³/mol. The quantitative estimate of drug-likeness (QED) is 0.637. The van der Waals surface area contributed by atoms with Crippen molar-refractivity contribution in [3.63, 3.8) is 0 Å². The molecule has 0 spiro atoms. The van der Waals surface area contributed by atoms with E-state index in [9.17, 15) is 17.6 Å². The number of amides is 2. The van der Waals surface area contributed by atoms with Gasteiger partial charge in [-0.05, 0) is 31.5 Å². The van der Waals surface area contributed by atoms with E-state index in [1.807, 2.05) is 0 Å². The molecule has 2 amide bonds. The maximum atomic E-state index is 14.2. The van der Waals surface area contributed by atoms with Crippen LogP contribution >= 0.6 is 0 Å². The van der Waals surface area contributed by atoms with Crippen LogP contribution in [0.2, 0.25) is 0 Å². The normalized spacial score (nSPS) is 19.2. The van der Waals surface area contributed by atoms with Crippen LogP contribution in [0.5, 0.6) is 5.75 Å². The first-order valence-electron chi connectivity index (χ1n) is 9.76. The van der Waals surface area contributed by atoms with E-state index in [1.165, 1.54) is 29.7 Å². The fraction of sp³-hybridized carbons (Fsp3) is 0.400. The number of sulfonamides is 1. The number of ether oxygens (including phenoxy) is 2. The van der Waals surface area contributed by atoms with Crippen molar-refractivity contribution in [3.8, 4) is 5.75 Å². The molecule has 1 aliphatic heterocycles. The van der Waals surface area contributed by atoms with Crippen molar-refractivity contribution in [2.45, 2.75) is 25.5 Å². The number of aromatic nitrogens is 1. The smallest absolute Gasteiger partial charge is 0.323 e. The SMILES string of the molecule is CCS(=O)(=O)N1CCC(Oc2cc(F)cc(NC(=O)Nc3cccnc3)c2)C1COC. The monoisotopic (exact) mass is 452 g/mol. The van der Waals surface area contributed by atoms with E-state index >= 15 is 0 Å². The minimum absolute atomic E-state index is 0.0278. The Hall–Kier alpha value is -2.76. The Labute approximate surface area is 180 Å². The number of nitrogens with zero attached hydrogens (tertiary/aromatic N) is 2. The number of benzene rings is 1. The first kappa shape index (κ1) is 22.9. The van der Waals surface area contributed by atoms with Crippen LogP contribution in [-0.4, -0.2) is 61.9 Å². The van der Waals surface area contributed by atoms with Gasteiger partial charge in [0.25, 0.3) is 0 Å². The minimum Gasteiger partial charge on any atom is -0.488 e. The van der Waals surface area contributed by atoms with Crippen LogP contribution in [0.25, 0.3) is 0 Å². The highest BCUT2D eigenvalue weighted by molar-refractivity contribution is 7.89. The Morgan fingerprint density at radius 1 is 1.29 bits per heavy atom. The van der Waals surface area contributed by atoms with Gasteiger partial charge in [0.2, 0.25) is 10.0 Å². The van der Waals surface area contributed by atoms with Crippen molar-refractivity contribution in [3.05, 3.63) is 48.5 Å². The van der Waals surface area contributed by atoms with Crippen molar-refractivity contribution in [1.29, 1.82) is 0 Å². The highest BCUT2D eigenvalue weighted by Crippen LogP contribution is 2.29. The fourth-order valence-corrected chi connectivity index (χ4v) is 4.74. The lowest BCUT2D eigenvalue weighted by Crippen LogP contribution is -2.44. The summed E-state index contributed by atoms with van der Waals surface area (Å²) < 4.78 is 51.4. The summed E-state index contributed by atoms with van der Waals surface area (Å²) in [6, 6.07) is 6.07. The van der Waals surface area contributed by atoms with E-state index in [4.69, 9.17) is 9.47 Å². The van der Waals surface area contributed by atoms with Crippen molar-refractivity contribution in [2.24, 2.45) is 0 Å². The molecular formula is C20H25FN4O5S. The molecule has 0 radical (unpaired) electrons. The van der Waals surface area contributed by atoms with E-state index in [0.29, 0.717) is 18.7 Å². The van der Waals surface area contributed by atoms with Gasteiger partial charge in [0.05, 0.1) is 30.3 Å². The molecule has 1 aliphatic rings. The zero-order valence-corrected chi connectivity index (χ0v) is 18.1. The molecule has 0 aliphatic carbocycles. The van der Waals surface area contributed by atoms with Gasteiger partial charge in [0, 0.05) is 37.7 Å². The predicted octanol–water partition coefficient (Wildman–Crippen LogP) is 2.68. The van der Waals surface area contributed by atoms with Crippen molar-refractivity contribution in [1.82, 2.24) is 9.29 Å². The lowest BCUT2D eigenvalue weighted by atomic mass is 10.2. The number of halogens is 1. The molecule has 168 valence electrons. The Bertz CT molecular complexity index is 1010. The summed E-state index contributed by atoms with van der Waals surface area (Å²) in [5, 5.41) is 5.14. The van der Waals surface area contributed by atoms with E-state index in [1.54, 1.807) is 25.3 Å². The van der Waals surface area contributed by atoms with Gasteiger partial charge in [0.1, 0.15) is 17.7 Å². The topological polar surface area (TPSA) is 110 Å². The summed E-state index contributed by atoms with van der Waals surface area (Å²) >= 11 is 0. The van der Waals surface area contributed by atoms with Gasteiger partial charge in [-0.2, -0.15) is 4.31 Å². The molecule has 3 rings (SSSR count). The van der Waals surface area contributed by atoms with E-state index in [2.05, 4.69) is 15.6 Å². The molecule has 0 saturated carbocycles. The third kappa shape index (κ3) is 5.90. The van der Waals surface area contributed by atoms with Crippen molar-refractivity contribution >= 4 is 27.4 Å². The molecule has 31 heavy (non-hydrogen) atoms. The zero-order valence-electron chi connectivity index (χ0n) is 17.2. The lowest BCUT2D eigenvalue weighted by Gasteiger charge is -2.27. The van der Waals surface area contributed by atoms with Crippen LogP contribution in [0.15, 0.2) is 42.7 Å². The number of hydrogen-bond acceptors (Lipinski definition) is 6. The number of carbonyl (C=O) groups excluding carboxylic acids is 1. The number of nitrogens with one attached hydrogen (secondary N) is 2. The Kier molecular flexibility index (Phi) is 7.42. The maximum Gasteiger partial charge on any atom is 0.323 e. The average molecular weight is 453 g/mol. The van der Waals surface area contributed by atoms with Crippen molar-refractivity contribution < 1.29 is 27.1 Å². The molecule has 1 saturated heterocycles. The number of rotatable bonds is 8. The van der Waals surface area contributed by atoms with Gasteiger partial charge in [-0.1, -0.05) is 0 Å². The molecule has 1 aromatic heterocycles. The molecule has 9 nitrogen and oxygen atoms in total. The van der Waals surface area contributed by atoms with Gasteiger partial charge in [-0.3, -0.25) is 4.98 Å². The second kappa shape index (κ2) is 10.0. The molecule has 2 aromatic rings. The molecule has 0 bridgehead atoms. The highest BCUT2D eigenvalue weighted by atomic mass is 32.2. The van der Waals surface area contributed by atoms with Gasteiger partial charge in [0.15, 0.2) is 0 Å². The molecule has 11 heteroatoms. The Balaban J connectivity index is 1.71. The van der Waals surface area contributed by atoms with Crippen LogP contribution in [0.3, 0.4) is 0 Å². The largest absolute Gasteiger partial charge is 0.488 e. The second-order valence-electron chi connectivity index (χ2n) is 6.98. The summed E-state index contributed by atoms with van der Waals surface area (Å²) in [7, 11) is -1.94. The number of methoxy groups -OCH3 is 1. The summed E-state index contributed by atoms with van der Waals surface area (Å²) in [6.45, 7) is 2.02. The van der Waals surface area contributed by atoms with Gasteiger partial charge in [-0.25, -0.2) is 17.6 Å². The Morgan fingerprint density at radius 2 is 2.06 bits per heavy atom. The number of carbonyl (C=O) groups is 1. The van der Waals surface area contributed by atoms with Gasteiger partial charge < -0.3 is 20.1 Å². The van der Waals surface area contributed by atoms with Crippen LogP contribution in [-0.2, 0) is 14.8 Å². The number of anilines is 2. The average Bonchev–Trinajstić information content (AvgIpc) is 3.11. The Morgan fingerprint density at radius 3 is 2.74 bits per heavy atom.